The van der Waals surface area contributed by atoms with Crippen molar-refractivity contribution >= 4 is 11.6 Å². The molecular weight excluding hydrogens is 318 g/mol. The molecule has 3 heterocycles. The molecule has 136 valence electrons. The normalized spacial score (nSPS) is 18.5. The Kier molecular flexibility index (Phi) is 5.17. The van der Waals surface area contributed by atoms with Crippen molar-refractivity contribution in [3.63, 3.8) is 0 Å². The Morgan fingerprint density at radius 2 is 2.08 bits per heavy atom. The Bertz CT molecular complexity index is 729. The van der Waals surface area contributed by atoms with E-state index in [1.165, 1.54) is 6.42 Å². The number of H-pyrrole nitrogens is 1. The molecule has 8 nitrogen and oxygen atoms in total. The van der Waals surface area contributed by atoms with Crippen molar-refractivity contribution in [2.24, 2.45) is 0 Å². The third kappa shape index (κ3) is 4.07. The van der Waals surface area contributed by atoms with Crippen LogP contribution in [0.1, 0.15) is 42.3 Å². The van der Waals surface area contributed by atoms with Crippen LogP contribution < -0.4 is 5.32 Å². The van der Waals surface area contributed by atoms with Gasteiger partial charge in [-0.15, -0.1) is 0 Å². The number of carbonyl (C=O) groups is 1. The van der Waals surface area contributed by atoms with Gasteiger partial charge in [0.25, 0.3) is 0 Å². The van der Waals surface area contributed by atoms with Crippen LogP contribution in [0.15, 0.2) is 0 Å². The maximum absolute atomic E-state index is 12.5. The first-order chi connectivity index (χ1) is 11.9. The predicted molar refractivity (Wildman–Crippen MR) is 95.4 cm³/mol. The van der Waals surface area contributed by atoms with E-state index in [1.807, 2.05) is 32.4 Å². The van der Waals surface area contributed by atoms with Gasteiger partial charge in [0, 0.05) is 6.04 Å². The highest BCUT2D eigenvalue weighted by Crippen LogP contribution is 2.20. The second-order valence-electron chi connectivity index (χ2n) is 6.87. The van der Waals surface area contributed by atoms with Gasteiger partial charge >= 0.3 is 0 Å². The number of piperidine rings is 1. The highest BCUT2D eigenvalue weighted by Gasteiger charge is 2.26. The van der Waals surface area contributed by atoms with Crippen molar-refractivity contribution in [1.82, 2.24) is 29.9 Å². The summed E-state index contributed by atoms with van der Waals surface area (Å²) in [5.74, 6) is 1.73. The fourth-order valence-corrected chi connectivity index (χ4v) is 3.51. The number of aromatic amines is 1. The van der Waals surface area contributed by atoms with Crippen LogP contribution in [0.2, 0.25) is 0 Å². The number of anilines is 1. The zero-order valence-electron chi connectivity index (χ0n) is 15.5. The van der Waals surface area contributed by atoms with E-state index in [0.29, 0.717) is 12.6 Å². The van der Waals surface area contributed by atoms with Crippen molar-refractivity contribution in [3.8, 4) is 0 Å². The van der Waals surface area contributed by atoms with Gasteiger partial charge in [-0.2, -0.15) is 10.2 Å². The van der Waals surface area contributed by atoms with E-state index in [1.54, 1.807) is 0 Å². The molecule has 1 saturated heterocycles. The zero-order valence-corrected chi connectivity index (χ0v) is 15.5. The summed E-state index contributed by atoms with van der Waals surface area (Å²) >= 11 is 0. The first kappa shape index (κ1) is 17.6. The first-order valence-corrected chi connectivity index (χ1v) is 8.87. The lowest BCUT2D eigenvalue weighted by Crippen LogP contribution is -2.46. The zero-order chi connectivity index (χ0) is 18.0. The van der Waals surface area contributed by atoms with Crippen LogP contribution in [-0.2, 0) is 11.3 Å². The Morgan fingerprint density at radius 3 is 2.72 bits per heavy atom. The smallest absolute Gasteiger partial charge is 0.238 e. The van der Waals surface area contributed by atoms with E-state index < -0.39 is 0 Å². The molecular formula is C17H27N7O. The number of nitrogens with zero attached hydrogens (tertiary/aromatic N) is 5. The fraction of sp³-hybridized carbons (Fsp3) is 0.647. The molecule has 2 N–H and O–H groups in total. The van der Waals surface area contributed by atoms with Crippen molar-refractivity contribution in [2.45, 2.75) is 59.5 Å². The van der Waals surface area contributed by atoms with Gasteiger partial charge in [0.15, 0.2) is 0 Å². The molecule has 1 aliphatic rings. The number of hydrogen-bond donors (Lipinski definition) is 2. The van der Waals surface area contributed by atoms with Crippen LogP contribution in [0.25, 0.3) is 0 Å². The molecule has 0 aromatic carbocycles. The summed E-state index contributed by atoms with van der Waals surface area (Å²) in [5, 5.41) is 14.5. The van der Waals surface area contributed by atoms with E-state index in [4.69, 9.17) is 0 Å². The number of likely N-dealkylation sites (tertiary alicyclic amines) is 1. The summed E-state index contributed by atoms with van der Waals surface area (Å²) in [7, 11) is 0. The molecule has 0 bridgehead atoms. The predicted octanol–water partition coefficient (Wildman–Crippen LogP) is 1.73. The largest absolute Gasteiger partial charge is 0.322 e. The van der Waals surface area contributed by atoms with Crippen molar-refractivity contribution in [2.75, 3.05) is 18.4 Å². The van der Waals surface area contributed by atoms with Crippen LogP contribution in [0.3, 0.4) is 0 Å². The minimum Gasteiger partial charge on any atom is -0.322 e. The Morgan fingerprint density at radius 1 is 1.28 bits per heavy atom. The topological polar surface area (TPSA) is 91.7 Å². The quantitative estimate of drug-likeness (QED) is 0.861. The molecule has 1 atom stereocenters. The SMILES string of the molecule is Cc1nc(C)n(C[C@@H]2CCCCN2CC(=O)Nc2c(C)n[nH]c2C)n1. The third-order valence-corrected chi connectivity index (χ3v) is 4.83. The molecule has 0 radical (unpaired) electrons. The van der Waals surface area contributed by atoms with E-state index >= 15 is 0 Å². The number of rotatable bonds is 5. The molecule has 3 rings (SSSR count). The van der Waals surface area contributed by atoms with Gasteiger partial charge in [0.1, 0.15) is 11.6 Å². The maximum atomic E-state index is 12.5. The molecule has 1 fully saturated rings. The summed E-state index contributed by atoms with van der Waals surface area (Å²) in [6.07, 6.45) is 3.40. The minimum absolute atomic E-state index is 0.00555. The average molecular weight is 345 g/mol. The Balaban J connectivity index is 1.64. The van der Waals surface area contributed by atoms with Crippen LogP contribution in [-0.4, -0.2) is 54.9 Å². The van der Waals surface area contributed by atoms with Crippen LogP contribution in [0.5, 0.6) is 0 Å². The molecule has 0 saturated carbocycles. The number of carbonyl (C=O) groups excluding carboxylic acids is 1. The molecule has 25 heavy (non-hydrogen) atoms. The van der Waals surface area contributed by atoms with E-state index in [0.717, 1.165) is 54.7 Å². The van der Waals surface area contributed by atoms with Crippen LogP contribution >= 0.6 is 0 Å². The highest BCUT2D eigenvalue weighted by atomic mass is 16.2. The second kappa shape index (κ2) is 7.35. The summed E-state index contributed by atoms with van der Waals surface area (Å²) in [4.78, 5) is 19.2. The summed E-state index contributed by atoms with van der Waals surface area (Å²) < 4.78 is 1.96. The number of aromatic nitrogens is 5. The van der Waals surface area contributed by atoms with Crippen molar-refractivity contribution in [1.29, 1.82) is 0 Å². The van der Waals surface area contributed by atoms with Crippen molar-refractivity contribution < 1.29 is 4.79 Å². The molecule has 1 aliphatic heterocycles. The number of amides is 1. The van der Waals surface area contributed by atoms with Gasteiger partial charge in [0.05, 0.1) is 30.2 Å². The average Bonchev–Trinajstić information content (AvgIpc) is 3.04. The van der Waals surface area contributed by atoms with E-state index in [9.17, 15) is 4.79 Å². The van der Waals surface area contributed by atoms with Gasteiger partial charge in [-0.1, -0.05) is 6.42 Å². The van der Waals surface area contributed by atoms with Gasteiger partial charge in [-0.25, -0.2) is 9.67 Å². The number of aryl methyl sites for hydroxylation is 4. The second-order valence-corrected chi connectivity index (χ2v) is 6.87. The monoisotopic (exact) mass is 345 g/mol. The summed E-state index contributed by atoms with van der Waals surface area (Å²) in [6, 6.07) is 0.311. The van der Waals surface area contributed by atoms with Gasteiger partial charge in [0.2, 0.25) is 5.91 Å². The third-order valence-electron chi connectivity index (χ3n) is 4.83. The minimum atomic E-state index is 0.00555. The van der Waals surface area contributed by atoms with Gasteiger partial charge in [-0.3, -0.25) is 14.8 Å². The standard InChI is InChI=1S/C17H27N7O/c1-11-17(12(2)21-20-11)19-16(25)10-23-8-6-5-7-15(23)9-24-14(4)18-13(3)22-24/h15H,5-10H2,1-4H3,(H,19,25)(H,20,21)/t15-/m0/s1. The van der Waals surface area contributed by atoms with Crippen LogP contribution in [0.4, 0.5) is 5.69 Å². The first-order valence-electron chi connectivity index (χ1n) is 8.87. The summed E-state index contributed by atoms with van der Waals surface area (Å²) in [5.41, 5.74) is 2.49. The van der Waals surface area contributed by atoms with Gasteiger partial charge < -0.3 is 5.32 Å². The van der Waals surface area contributed by atoms with E-state index in [2.05, 4.69) is 30.5 Å². The lowest BCUT2D eigenvalue weighted by Gasteiger charge is -2.35. The molecule has 8 heteroatoms. The van der Waals surface area contributed by atoms with Crippen molar-refractivity contribution in [3.05, 3.63) is 23.0 Å². The molecule has 0 aliphatic carbocycles. The highest BCUT2D eigenvalue weighted by molar-refractivity contribution is 5.93. The molecule has 2 aromatic heterocycles. The molecule has 1 amide bonds. The van der Waals surface area contributed by atoms with E-state index in [-0.39, 0.29) is 5.91 Å². The molecule has 0 unspecified atom stereocenters. The molecule has 2 aromatic rings. The fourth-order valence-electron chi connectivity index (χ4n) is 3.51. The summed E-state index contributed by atoms with van der Waals surface area (Å²) in [6.45, 7) is 9.79. The maximum Gasteiger partial charge on any atom is 0.238 e. The number of hydrogen-bond acceptors (Lipinski definition) is 5. The lowest BCUT2D eigenvalue weighted by atomic mass is 10.0. The Labute approximate surface area is 148 Å². The number of nitrogens with one attached hydrogen (secondary N) is 2. The molecule has 0 spiro atoms. The Hall–Kier alpha value is -2.22. The van der Waals surface area contributed by atoms with Gasteiger partial charge in [-0.05, 0) is 47.1 Å². The lowest BCUT2D eigenvalue weighted by molar-refractivity contribution is -0.118. The van der Waals surface area contributed by atoms with Crippen LogP contribution in [0, 0.1) is 27.7 Å².